The summed E-state index contributed by atoms with van der Waals surface area (Å²) >= 11 is 12.0. The van der Waals surface area contributed by atoms with Crippen LogP contribution in [0.5, 0.6) is 0 Å². The van der Waals surface area contributed by atoms with Crippen molar-refractivity contribution in [2.24, 2.45) is 0 Å². The minimum atomic E-state index is -3.37. The average molecular weight is 387 g/mol. The van der Waals surface area contributed by atoms with E-state index in [0.717, 1.165) is 11.8 Å². The molecular formula is C16H16Cl2N2O3S. The van der Waals surface area contributed by atoms with Gasteiger partial charge in [0, 0.05) is 12.1 Å². The number of sulfonamides is 1. The van der Waals surface area contributed by atoms with Crippen molar-refractivity contribution in [1.29, 1.82) is 0 Å². The molecule has 24 heavy (non-hydrogen) atoms. The molecule has 0 spiro atoms. The number of hydrogen-bond donors (Lipinski definition) is 2. The third-order valence-corrected chi connectivity index (χ3v) is 4.57. The van der Waals surface area contributed by atoms with Crippen LogP contribution in [-0.2, 0) is 21.2 Å². The highest BCUT2D eigenvalue weighted by atomic mass is 35.5. The molecule has 5 nitrogen and oxygen atoms in total. The first kappa shape index (κ1) is 18.6. The van der Waals surface area contributed by atoms with Gasteiger partial charge >= 0.3 is 0 Å². The van der Waals surface area contributed by atoms with Gasteiger partial charge in [-0.3, -0.25) is 9.52 Å². The van der Waals surface area contributed by atoms with Gasteiger partial charge < -0.3 is 5.32 Å². The Morgan fingerprint density at radius 1 is 1.08 bits per heavy atom. The monoisotopic (exact) mass is 386 g/mol. The molecular weight excluding hydrogens is 371 g/mol. The van der Waals surface area contributed by atoms with Crippen LogP contribution in [0.1, 0.15) is 12.0 Å². The van der Waals surface area contributed by atoms with Crippen LogP contribution < -0.4 is 10.0 Å². The highest BCUT2D eigenvalue weighted by molar-refractivity contribution is 7.92. The number of rotatable bonds is 6. The van der Waals surface area contributed by atoms with Crippen molar-refractivity contribution in [3.8, 4) is 0 Å². The standard InChI is InChI=1S/C16H16Cl2N2O3S/c1-24(22,23)20-13-6-3-5-12(10-13)19-15(21)9-8-11-4-2-7-14(17)16(11)18/h2-7,10,20H,8-9H2,1H3,(H,19,21). The topological polar surface area (TPSA) is 75.3 Å². The van der Waals surface area contributed by atoms with Crippen LogP contribution in [0.2, 0.25) is 10.0 Å². The molecule has 2 aromatic carbocycles. The van der Waals surface area contributed by atoms with Crippen molar-refractivity contribution in [2.45, 2.75) is 12.8 Å². The van der Waals surface area contributed by atoms with Gasteiger partial charge in [-0.15, -0.1) is 0 Å². The van der Waals surface area contributed by atoms with Gasteiger partial charge in [0.2, 0.25) is 15.9 Å². The summed E-state index contributed by atoms with van der Waals surface area (Å²) in [5.41, 5.74) is 1.69. The molecule has 2 aromatic rings. The van der Waals surface area contributed by atoms with E-state index in [4.69, 9.17) is 23.2 Å². The lowest BCUT2D eigenvalue weighted by molar-refractivity contribution is -0.116. The van der Waals surface area contributed by atoms with E-state index in [1.54, 1.807) is 36.4 Å². The van der Waals surface area contributed by atoms with Crippen LogP contribution >= 0.6 is 23.2 Å². The lowest BCUT2D eigenvalue weighted by atomic mass is 10.1. The third kappa shape index (κ3) is 5.70. The van der Waals surface area contributed by atoms with Gasteiger partial charge in [0.1, 0.15) is 0 Å². The Morgan fingerprint density at radius 2 is 1.75 bits per heavy atom. The number of amides is 1. The molecule has 0 radical (unpaired) electrons. The van der Waals surface area contributed by atoms with Crippen molar-refractivity contribution in [1.82, 2.24) is 0 Å². The van der Waals surface area contributed by atoms with E-state index in [2.05, 4.69) is 10.0 Å². The van der Waals surface area contributed by atoms with Gasteiger partial charge in [-0.05, 0) is 36.2 Å². The van der Waals surface area contributed by atoms with Gasteiger partial charge in [0.05, 0.1) is 22.0 Å². The molecule has 0 aliphatic heterocycles. The SMILES string of the molecule is CS(=O)(=O)Nc1cccc(NC(=O)CCc2cccc(Cl)c2Cl)c1. The van der Waals surface area contributed by atoms with Crippen molar-refractivity contribution in [3.63, 3.8) is 0 Å². The predicted molar refractivity (Wildman–Crippen MR) is 98.3 cm³/mol. The lowest BCUT2D eigenvalue weighted by Crippen LogP contribution is -2.13. The van der Waals surface area contributed by atoms with Crippen molar-refractivity contribution in [3.05, 3.63) is 58.1 Å². The third-order valence-electron chi connectivity index (χ3n) is 3.10. The van der Waals surface area contributed by atoms with Crippen molar-refractivity contribution in [2.75, 3.05) is 16.3 Å². The first-order chi connectivity index (χ1) is 11.2. The fourth-order valence-electron chi connectivity index (χ4n) is 2.09. The van der Waals surface area contributed by atoms with E-state index in [-0.39, 0.29) is 12.3 Å². The van der Waals surface area contributed by atoms with Gasteiger partial charge in [0.25, 0.3) is 0 Å². The molecule has 8 heteroatoms. The highest BCUT2D eigenvalue weighted by Gasteiger charge is 2.09. The minimum Gasteiger partial charge on any atom is -0.326 e. The average Bonchev–Trinajstić information content (AvgIpc) is 2.47. The maximum Gasteiger partial charge on any atom is 0.229 e. The van der Waals surface area contributed by atoms with Crippen molar-refractivity contribution >= 4 is 50.5 Å². The number of hydrogen-bond acceptors (Lipinski definition) is 3. The molecule has 0 saturated heterocycles. The molecule has 0 unspecified atom stereocenters. The number of benzene rings is 2. The van der Waals surface area contributed by atoms with E-state index in [0.29, 0.717) is 27.8 Å². The summed E-state index contributed by atoms with van der Waals surface area (Å²) in [6, 6.07) is 11.8. The van der Waals surface area contributed by atoms with E-state index in [9.17, 15) is 13.2 Å². The number of aryl methyl sites for hydroxylation is 1. The molecule has 2 rings (SSSR count). The summed E-state index contributed by atoms with van der Waals surface area (Å²) in [6.45, 7) is 0. The summed E-state index contributed by atoms with van der Waals surface area (Å²) in [7, 11) is -3.37. The van der Waals surface area contributed by atoms with E-state index >= 15 is 0 Å². The van der Waals surface area contributed by atoms with E-state index in [1.165, 1.54) is 0 Å². The number of carbonyl (C=O) groups is 1. The van der Waals surface area contributed by atoms with Gasteiger partial charge in [-0.1, -0.05) is 41.4 Å². The zero-order valence-corrected chi connectivity index (χ0v) is 15.2. The first-order valence-electron chi connectivity index (χ1n) is 7.05. The van der Waals surface area contributed by atoms with E-state index in [1.807, 2.05) is 6.07 Å². The quantitative estimate of drug-likeness (QED) is 0.789. The second kappa shape index (κ2) is 7.88. The highest BCUT2D eigenvalue weighted by Crippen LogP contribution is 2.26. The number of halogens is 2. The maximum atomic E-state index is 12.1. The first-order valence-corrected chi connectivity index (χ1v) is 9.70. The summed E-state index contributed by atoms with van der Waals surface area (Å²) in [6.07, 6.45) is 1.74. The van der Waals surface area contributed by atoms with Crippen LogP contribution in [0.15, 0.2) is 42.5 Å². The molecule has 128 valence electrons. The molecule has 2 N–H and O–H groups in total. The summed E-state index contributed by atoms with van der Waals surface area (Å²) in [5.74, 6) is -0.206. The molecule has 0 aliphatic rings. The van der Waals surface area contributed by atoms with Crippen LogP contribution in [0.4, 0.5) is 11.4 Å². The largest absolute Gasteiger partial charge is 0.326 e. The Kier molecular flexibility index (Phi) is 6.10. The fourth-order valence-corrected chi connectivity index (χ4v) is 3.06. The Bertz CT molecular complexity index is 854. The Balaban J connectivity index is 1.97. The smallest absolute Gasteiger partial charge is 0.229 e. The molecule has 0 atom stereocenters. The van der Waals surface area contributed by atoms with Crippen molar-refractivity contribution < 1.29 is 13.2 Å². The van der Waals surface area contributed by atoms with Crippen LogP contribution in [-0.4, -0.2) is 20.6 Å². The Morgan fingerprint density at radius 3 is 2.46 bits per heavy atom. The zero-order valence-electron chi connectivity index (χ0n) is 12.8. The van der Waals surface area contributed by atoms with E-state index < -0.39 is 10.0 Å². The summed E-state index contributed by atoms with van der Waals surface area (Å²) in [5, 5.41) is 3.63. The molecule has 0 heterocycles. The summed E-state index contributed by atoms with van der Waals surface area (Å²) in [4.78, 5) is 12.1. The maximum absolute atomic E-state index is 12.1. The zero-order chi connectivity index (χ0) is 17.7. The molecule has 1 amide bonds. The summed E-state index contributed by atoms with van der Waals surface area (Å²) < 4.78 is 24.8. The second-order valence-electron chi connectivity index (χ2n) is 5.22. The normalized spacial score (nSPS) is 11.1. The van der Waals surface area contributed by atoms with Gasteiger partial charge in [0.15, 0.2) is 0 Å². The Labute approximate surface area is 151 Å². The minimum absolute atomic E-state index is 0.206. The number of nitrogens with one attached hydrogen (secondary N) is 2. The van der Waals surface area contributed by atoms with Crippen LogP contribution in [0.3, 0.4) is 0 Å². The molecule has 0 aromatic heterocycles. The molecule has 0 saturated carbocycles. The molecule has 0 aliphatic carbocycles. The Hall–Kier alpha value is -1.76. The van der Waals surface area contributed by atoms with Gasteiger partial charge in [-0.25, -0.2) is 8.42 Å². The fraction of sp³-hybridized carbons (Fsp3) is 0.188. The van der Waals surface area contributed by atoms with Crippen LogP contribution in [0.25, 0.3) is 0 Å². The number of carbonyl (C=O) groups excluding carboxylic acids is 1. The lowest BCUT2D eigenvalue weighted by Gasteiger charge is -2.09. The predicted octanol–water partition coefficient (Wildman–Crippen LogP) is 3.94. The van der Waals surface area contributed by atoms with Gasteiger partial charge in [-0.2, -0.15) is 0 Å². The molecule has 0 fully saturated rings. The second-order valence-corrected chi connectivity index (χ2v) is 7.75. The van der Waals surface area contributed by atoms with Crippen LogP contribution in [0, 0.1) is 0 Å². The molecule has 0 bridgehead atoms. The number of anilines is 2.